The van der Waals surface area contributed by atoms with Crippen molar-refractivity contribution in [3.05, 3.63) is 388 Å². The molecule has 0 aliphatic heterocycles. The van der Waals surface area contributed by atoms with Gasteiger partial charge in [-0.15, -0.1) is 0 Å². The highest BCUT2D eigenvalue weighted by Crippen LogP contribution is 2.46. The van der Waals surface area contributed by atoms with Crippen LogP contribution in [-0.2, 0) is 21.7 Å². The zero-order chi connectivity index (χ0) is 85.4. The molecule has 124 heavy (non-hydrogen) atoms. The molecule has 0 unspecified atom stereocenters. The molecule has 0 bridgehead atoms. The molecule has 18 aromatic rings. The highest BCUT2D eigenvalue weighted by Gasteiger charge is 2.25. The minimum atomic E-state index is -0.0166. The second kappa shape index (κ2) is 33.3. The first kappa shape index (κ1) is 80.3. The van der Waals surface area contributed by atoms with Crippen LogP contribution in [0, 0.1) is 0 Å². The van der Waals surface area contributed by atoms with Crippen molar-refractivity contribution in [1.29, 1.82) is 0 Å². The second-order valence-corrected chi connectivity index (χ2v) is 36.2. The molecular weight excluding hydrogens is 1510 g/mol. The Hall–Kier alpha value is -14.7. The van der Waals surface area contributed by atoms with Crippen LogP contribution in [0.2, 0.25) is 0 Å². The van der Waals surface area contributed by atoms with E-state index in [0.29, 0.717) is 5.82 Å². The van der Waals surface area contributed by atoms with Gasteiger partial charge in [0.1, 0.15) is 0 Å². The lowest BCUT2D eigenvalue weighted by Gasteiger charge is -2.19. The van der Waals surface area contributed by atoms with Gasteiger partial charge in [-0.3, -0.25) is 39.9 Å². The Bertz CT molecular complexity index is 6220. The Balaban J connectivity index is 0.690. The standard InChI is InChI=1S/C114H96N10/c1-111(2,3)90-49-57-115-102(67-90)74-31-39-78(40-32-74)106-98(25-17-53-119-106)85-61-83(62-86(65-85)99-26-18-54-120-107(99)79-41-33-75(34-42-79)103-68-91(50-58-116-103)112(4,5)6)95-22-14-13-21-94(95)73-29-47-82(48-30-73)110-123-71-89(72-124-110)97-24-16-15-23-96(97)84-63-87(100-27-19-55-121-108(100)80-43-35-76(36-44-80)104-69-92(51-59-117-104)113(7,8)9)66-88(64-84)101-28-20-56-122-109(101)81-45-37-77(38-46-81)105-70-93(52-60-118-105)114(10,11)12/h13-72H,1-12H3. The number of aromatic nitrogens is 10. The average Bonchev–Trinajstić information content (AvgIpc) is 0.767. The quantitative estimate of drug-likeness (QED) is 0.0869. The van der Waals surface area contributed by atoms with Crippen molar-refractivity contribution in [3.8, 4) is 190 Å². The predicted octanol–water partition coefficient (Wildman–Crippen LogP) is 29.2. The second-order valence-electron chi connectivity index (χ2n) is 36.2. The Morgan fingerprint density at radius 3 is 0.621 bits per heavy atom. The van der Waals surface area contributed by atoms with E-state index in [0.717, 1.165) is 185 Å². The lowest BCUT2D eigenvalue weighted by molar-refractivity contribution is 0.589. The maximum atomic E-state index is 5.17. The van der Waals surface area contributed by atoms with E-state index in [-0.39, 0.29) is 21.7 Å². The van der Waals surface area contributed by atoms with E-state index >= 15 is 0 Å². The van der Waals surface area contributed by atoms with Crippen molar-refractivity contribution < 1.29 is 0 Å². The molecule has 10 heteroatoms. The summed E-state index contributed by atoms with van der Waals surface area (Å²) in [5, 5.41) is 0. The molecule has 0 atom stereocenters. The Morgan fingerprint density at radius 1 is 0.153 bits per heavy atom. The van der Waals surface area contributed by atoms with Crippen LogP contribution in [0.1, 0.15) is 105 Å². The summed E-state index contributed by atoms with van der Waals surface area (Å²) >= 11 is 0. The van der Waals surface area contributed by atoms with Crippen LogP contribution >= 0.6 is 0 Å². The summed E-state index contributed by atoms with van der Waals surface area (Å²) in [6, 6.07) is 108. The largest absolute Gasteiger partial charge is 0.256 e. The first-order valence-corrected chi connectivity index (χ1v) is 42.5. The van der Waals surface area contributed by atoms with Crippen molar-refractivity contribution in [1.82, 2.24) is 49.8 Å². The van der Waals surface area contributed by atoms with Crippen molar-refractivity contribution in [2.24, 2.45) is 0 Å². The van der Waals surface area contributed by atoms with Crippen LogP contribution in [0.5, 0.6) is 0 Å². The number of pyridine rings is 8. The van der Waals surface area contributed by atoms with Gasteiger partial charge in [0.25, 0.3) is 0 Å². The number of benzene rings is 9. The van der Waals surface area contributed by atoms with E-state index in [1.807, 2.05) is 86.2 Å². The van der Waals surface area contributed by atoms with Crippen LogP contribution in [0.25, 0.3) is 190 Å². The SMILES string of the molecule is CC(C)(C)c1ccnc(-c2ccc(-c3ncccc3-c3cc(-c4ccccc4-c4ccc(-c5ncc(-c6ccccc6-c6cc(-c7cccnc7-c7ccc(-c8cc(C(C)(C)C)ccn8)cc7)cc(-c7cccnc7-c7ccc(-c8cc(C(C)(C)C)ccn8)cc7)c6)cn5)cc4)cc(-c4cccnc4-c4ccc(-c5cc(C(C)(C)C)ccn5)cc4)c3)cc2)c1. The van der Waals surface area contributed by atoms with Crippen LogP contribution in [0.4, 0.5) is 0 Å². The molecule has 0 amide bonds. The minimum absolute atomic E-state index is 0.0149. The summed E-state index contributed by atoms with van der Waals surface area (Å²) in [7, 11) is 0. The van der Waals surface area contributed by atoms with E-state index in [1.165, 1.54) is 22.3 Å². The summed E-state index contributed by atoms with van der Waals surface area (Å²) in [5.41, 5.74) is 37.3. The monoisotopic (exact) mass is 1600 g/mol. The van der Waals surface area contributed by atoms with Crippen LogP contribution in [0.15, 0.2) is 365 Å². The van der Waals surface area contributed by atoms with Crippen molar-refractivity contribution in [3.63, 3.8) is 0 Å². The predicted molar refractivity (Wildman–Crippen MR) is 512 cm³/mol. The van der Waals surface area contributed by atoms with Gasteiger partial charge in [-0.25, -0.2) is 9.97 Å². The molecule has 9 heterocycles. The highest BCUT2D eigenvalue weighted by atomic mass is 14.9. The van der Waals surface area contributed by atoms with E-state index in [1.54, 1.807) is 0 Å². The Labute approximate surface area is 727 Å². The maximum absolute atomic E-state index is 5.17. The average molecular weight is 1610 g/mol. The Morgan fingerprint density at radius 2 is 0.363 bits per heavy atom. The molecule has 9 aromatic heterocycles. The van der Waals surface area contributed by atoms with Gasteiger partial charge in [0.05, 0.1) is 45.6 Å². The number of hydrogen-bond donors (Lipinski definition) is 0. The summed E-state index contributed by atoms with van der Waals surface area (Å²) in [4.78, 5) is 50.2. The van der Waals surface area contributed by atoms with Gasteiger partial charge < -0.3 is 0 Å². The third-order valence-corrected chi connectivity index (χ3v) is 23.6. The summed E-state index contributed by atoms with van der Waals surface area (Å²) in [5.74, 6) is 0.614. The number of hydrogen-bond acceptors (Lipinski definition) is 10. The molecule has 0 aliphatic rings. The molecule has 0 saturated heterocycles. The molecule has 0 spiro atoms. The fourth-order valence-electron chi connectivity index (χ4n) is 16.5. The highest BCUT2D eigenvalue weighted by molar-refractivity contribution is 5.96. The smallest absolute Gasteiger partial charge is 0.159 e. The maximum Gasteiger partial charge on any atom is 0.159 e. The zero-order valence-electron chi connectivity index (χ0n) is 72.1. The van der Waals surface area contributed by atoms with Gasteiger partial charge in [0, 0.05) is 140 Å². The van der Waals surface area contributed by atoms with Crippen molar-refractivity contribution in [2.75, 3.05) is 0 Å². The van der Waals surface area contributed by atoms with Gasteiger partial charge in [-0.05, 0) is 214 Å². The van der Waals surface area contributed by atoms with E-state index < -0.39 is 0 Å². The first-order valence-electron chi connectivity index (χ1n) is 42.5. The van der Waals surface area contributed by atoms with Gasteiger partial charge in [-0.2, -0.15) is 0 Å². The third kappa shape index (κ3) is 17.0. The van der Waals surface area contributed by atoms with Gasteiger partial charge >= 0.3 is 0 Å². The molecular formula is C114H96N10. The van der Waals surface area contributed by atoms with Crippen LogP contribution < -0.4 is 0 Å². The molecule has 602 valence electrons. The van der Waals surface area contributed by atoms with Crippen LogP contribution in [-0.4, -0.2) is 49.8 Å². The molecule has 18 rings (SSSR count). The normalized spacial score (nSPS) is 11.9. The molecule has 0 aliphatic carbocycles. The summed E-state index contributed by atoms with van der Waals surface area (Å²) in [6.07, 6.45) is 19.1. The van der Waals surface area contributed by atoms with Gasteiger partial charge in [-0.1, -0.05) is 277 Å². The van der Waals surface area contributed by atoms with E-state index in [4.69, 9.17) is 49.8 Å². The fourth-order valence-corrected chi connectivity index (χ4v) is 16.5. The topological polar surface area (TPSA) is 129 Å². The van der Waals surface area contributed by atoms with Crippen molar-refractivity contribution in [2.45, 2.75) is 105 Å². The molecule has 0 N–H and O–H groups in total. The van der Waals surface area contributed by atoms with Crippen molar-refractivity contribution >= 4 is 0 Å². The first-order chi connectivity index (χ1) is 59.9. The molecule has 0 saturated carbocycles. The Kier molecular flexibility index (Phi) is 21.6. The molecule has 9 aromatic carbocycles. The minimum Gasteiger partial charge on any atom is -0.256 e. The van der Waals surface area contributed by atoms with Gasteiger partial charge in [0.15, 0.2) is 5.82 Å². The summed E-state index contributed by atoms with van der Waals surface area (Å²) < 4.78 is 0. The van der Waals surface area contributed by atoms with Crippen LogP contribution in [0.3, 0.4) is 0 Å². The lowest BCUT2D eigenvalue weighted by atomic mass is 9.86. The fraction of sp³-hybridized carbons (Fsp3) is 0.140. The summed E-state index contributed by atoms with van der Waals surface area (Å²) in [6.45, 7) is 26.8. The van der Waals surface area contributed by atoms with E-state index in [2.05, 4.69) is 362 Å². The third-order valence-electron chi connectivity index (χ3n) is 23.6. The number of nitrogens with zero attached hydrogens (tertiary/aromatic N) is 10. The van der Waals surface area contributed by atoms with E-state index in [9.17, 15) is 0 Å². The zero-order valence-corrected chi connectivity index (χ0v) is 72.1. The molecule has 0 fully saturated rings. The lowest BCUT2D eigenvalue weighted by Crippen LogP contribution is -2.11. The molecule has 10 nitrogen and oxygen atoms in total. The van der Waals surface area contributed by atoms with Gasteiger partial charge in [0.2, 0.25) is 0 Å². The number of rotatable bonds is 17. The molecule has 0 radical (unpaired) electrons.